The van der Waals surface area contributed by atoms with Crippen LogP contribution in [-0.4, -0.2) is 30.6 Å². The third-order valence-corrected chi connectivity index (χ3v) is 4.10. The Morgan fingerprint density at radius 1 is 1.36 bits per heavy atom. The summed E-state index contributed by atoms with van der Waals surface area (Å²) in [5, 5.41) is 0. The highest BCUT2D eigenvalue weighted by Gasteiger charge is 2.37. The molecule has 0 bridgehead atoms. The first-order chi connectivity index (χ1) is 6.62. The first kappa shape index (κ1) is 10.4. The van der Waals surface area contributed by atoms with E-state index in [-0.39, 0.29) is 0 Å². The van der Waals surface area contributed by atoms with Gasteiger partial charge in [0.05, 0.1) is 0 Å². The van der Waals surface area contributed by atoms with E-state index < -0.39 is 0 Å². The Labute approximate surface area is 87.8 Å². The SMILES string of the molecule is CC1(C)CCN(C2CCCC2CN)C1. The van der Waals surface area contributed by atoms with E-state index in [4.69, 9.17) is 5.73 Å². The molecular weight excluding hydrogens is 172 g/mol. The highest BCUT2D eigenvalue weighted by molar-refractivity contribution is 4.92. The van der Waals surface area contributed by atoms with Gasteiger partial charge in [-0.15, -0.1) is 0 Å². The van der Waals surface area contributed by atoms with Crippen molar-refractivity contribution in [3.63, 3.8) is 0 Å². The van der Waals surface area contributed by atoms with Gasteiger partial charge in [0, 0.05) is 12.6 Å². The normalized spacial score (nSPS) is 37.9. The van der Waals surface area contributed by atoms with Crippen LogP contribution in [-0.2, 0) is 0 Å². The molecule has 2 aliphatic rings. The molecule has 2 unspecified atom stereocenters. The van der Waals surface area contributed by atoms with Crippen LogP contribution < -0.4 is 5.73 Å². The number of hydrogen-bond donors (Lipinski definition) is 1. The van der Waals surface area contributed by atoms with Crippen molar-refractivity contribution in [3.05, 3.63) is 0 Å². The van der Waals surface area contributed by atoms with Crippen LogP contribution in [0.5, 0.6) is 0 Å². The topological polar surface area (TPSA) is 29.3 Å². The van der Waals surface area contributed by atoms with Crippen LogP contribution in [0.1, 0.15) is 39.5 Å². The molecule has 1 saturated carbocycles. The summed E-state index contributed by atoms with van der Waals surface area (Å²) in [5.41, 5.74) is 6.38. The number of nitrogens with zero attached hydrogens (tertiary/aromatic N) is 1. The van der Waals surface area contributed by atoms with E-state index in [9.17, 15) is 0 Å². The lowest BCUT2D eigenvalue weighted by atomic mass is 9.93. The van der Waals surface area contributed by atoms with Gasteiger partial charge in [-0.2, -0.15) is 0 Å². The van der Waals surface area contributed by atoms with Crippen LogP contribution in [0, 0.1) is 11.3 Å². The first-order valence-corrected chi connectivity index (χ1v) is 6.06. The van der Waals surface area contributed by atoms with Gasteiger partial charge in [-0.1, -0.05) is 20.3 Å². The Hall–Kier alpha value is -0.0800. The van der Waals surface area contributed by atoms with Gasteiger partial charge in [0.15, 0.2) is 0 Å². The second kappa shape index (κ2) is 3.82. The predicted octanol–water partition coefficient (Wildman–Crippen LogP) is 1.85. The number of hydrogen-bond acceptors (Lipinski definition) is 2. The van der Waals surface area contributed by atoms with Crippen molar-refractivity contribution >= 4 is 0 Å². The van der Waals surface area contributed by atoms with Crippen molar-refractivity contribution in [3.8, 4) is 0 Å². The molecule has 0 amide bonds. The molecule has 0 spiro atoms. The molecule has 1 aliphatic carbocycles. The summed E-state index contributed by atoms with van der Waals surface area (Å²) in [5.74, 6) is 0.781. The molecule has 2 atom stereocenters. The van der Waals surface area contributed by atoms with E-state index >= 15 is 0 Å². The molecule has 14 heavy (non-hydrogen) atoms. The summed E-state index contributed by atoms with van der Waals surface area (Å²) in [6.45, 7) is 8.25. The molecular formula is C12H24N2. The molecule has 0 aromatic heterocycles. The zero-order valence-corrected chi connectivity index (χ0v) is 9.63. The first-order valence-electron chi connectivity index (χ1n) is 6.06. The molecule has 0 aromatic rings. The van der Waals surface area contributed by atoms with Crippen LogP contribution in [0.4, 0.5) is 0 Å². The summed E-state index contributed by atoms with van der Waals surface area (Å²) >= 11 is 0. The fourth-order valence-electron chi connectivity index (χ4n) is 3.21. The van der Waals surface area contributed by atoms with E-state index in [0.717, 1.165) is 18.5 Å². The number of nitrogens with two attached hydrogens (primary N) is 1. The lowest BCUT2D eigenvalue weighted by Crippen LogP contribution is -2.39. The standard InChI is InChI=1S/C12H24N2/c1-12(2)6-7-14(9-12)11-5-3-4-10(11)8-13/h10-11H,3-9,13H2,1-2H3. The Bertz CT molecular complexity index is 200. The molecule has 82 valence electrons. The van der Waals surface area contributed by atoms with Gasteiger partial charge in [0.1, 0.15) is 0 Å². The molecule has 2 fully saturated rings. The van der Waals surface area contributed by atoms with E-state index in [1.165, 1.54) is 38.8 Å². The minimum absolute atomic E-state index is 0.543. The Morgan fingerprint density at radius 3 is 2.71 bits per heavy atom. The van der Waals surface area contributed by atoms with Crippen molar-refractivity contribution in [2.75, 3.05) is 19.6 Å². The quantitative estimate of drug-likeness (QED) is 0.730. The minimum Gasteiger partial charge on any atom is -0.330 e. The van der Waals surface area contributed by atoms with E-state index in [1.54, 1.807) is 0 Å². The van der Waals surface area contributed by atoms with Crippen LogP contribution >= 0.6 is 0 Å². The molecule has 2 heteroatoms. The molecule has 0 aromatic carbocycles. The van der Waals surface area contributed by atoms with Crippen molar-refractivity contribution < 1.29 is 0 Å². The molecule has 2 rings (SSSR count). The van der Waals surface area contributed by atoms with Gasteiger partial charge in [0.2, 0.25) is 0 Å². The van der Waals surface area contributed by atoms with E-state index in [0.29, 0.717) is 5.41 Å². The predicted molar refractivity (Wildman–Crippen MR) is 60.2 cm³/mol. The summed E-state index contributed by atoms with van der Waals surface area (Å²) in [7, 11) is 0. The lowest BCUT2D eigenvalue weighted by molar-refractivity contribution is 0.181. The van der Waals surface area contributed by atoms with Crippen molar-refractivity contribution in [2.24, 2.45) is 17.1 Å². The van der Waals surface area contributed by atoms with E-state index in [2.05, 4.69) is 18.7 Å². The maximum Gasteiger partial charge on any atom is 0.0136 e. The summed E-state index contributed by atoms with van der Waals surface area (Å²) < 4.78 is 0. The number of likely N-dealkylation sites (tertiary alicyclic amines) is 1. The smallest absolute Gasteiger partial charge is 0.0136 e. The highest BCUT2D eigenvalue weighted by atomic mass is 15.2. The minimum atomic E-state index is 0.543. The monoisotopic (exact) mass is 196 g/mol. The van der Waals surface area contributed by atoms with Crippen molar-refractivity contribution in [1.82, 2.24) is 4.90 Å². The van der Waals surface area contributed by atoms with Gasteiger partial charge in [0.25, 0.3) is 0 Å². The molecule has 2 N–H and O–H groups in total. The molecule has 2 nitrogen and oxygen atoms in total. The highest BCUT2D eigenvalue weighted by Crippen LogP contribution is 2.36. The Balaban J connectivity index is 1.95. The van der Waals surface area contributed by atoms with Crippen LogP contribution in [0.2, 0.25) is 0 Å². The van der Waals surface area contributed by atoms with Gasteiger partial charge >= 0.3 is 0 Å². The zero-order valence-electron chi connectivity index (χ0n) is 9.63. The van der Waals surface area contributed by atoms with Crippen LogP contribution in [0.15, 0.2) is 0 Å². The summed E-state index contributed by atoms with van der Waals surface area (Å²) in [4.78, 5) is 2.70. The lowest BCUT2D eigenvalue weighted by Gasteiger charge is -2.30. The summed E-state index contributed by atoms with van der Waals surface area (Å²) in [6.07, 6.45) is 5.50. The van der Waals surface area contributed by atoms with Crippen molar-refractivity contribution in [2.45, 2.75) is 45.6 Å². The van der Waals surface area contributed by atoms with Gasteiger partial charge in [-0.3, -0.25) is 4.90 Å². The molecule has 1 saturated heterocycles. The maximum atomic E-state index is 5.83. The second-order valence-corrected chi connectivity index (χ2v) is 5.88. The largest absolute Gasteiger partial charge is 0.330 e. The van der Waals surface area contributed by atoms with Crippen LogP contribution in [0.25, 0.3) is 0 Å². The maximum absolute atomic E-state index is 5.83. The Morgan fingerprint density at radius 2 is 2.14 bits per heavy atom. The Kier molecular flexibility index (Phi) is 2.85. The summed E-state index contributed by atoms with van der Waals surface area (Å²) in [6, 6.07) is 0.807. The van der Waals surface area contributed by atoms with Gasteiger partial charge in [-0.05, 0) is 43.7 Å². The van der Waals surface area contributed by atoms with Gasteiger partial charge in [-0.25, -0.2) is 0 Å². The average Bonchev–Trinajstić information content (AvgIpc) is 2.70. The van der Waals surface area contributed by atoms with E-state index in [1.807, 2.05) is 0 Å². The molecule has 0 radical (unpaired) electrons. The number of rotatable bonds is 2. The van der Waals surface area contributed by atoms with Gasteiger partial charge < -0.3 is 5.73 Å². The zero-order chi connectivity index (χ0) is 10.2. The molecule has 1 aliphatic heterocycles. The second-order valence-electron chi connectivity index (χ2n) is 5.88. The van der Waals surface area contributed by atoms with Crippen LogP contribution in [0.3, 0.4) is 0 Å². The fraction of sp³-hybridized carbons (Fsp3) is 1.00. The van der Waals surface area contributed by atoms with Crippen molar-refractivity contribution in [1.29, 1.82) is 0 Å². The average molecular weight is 196 g/mol. The fourth-order valence-corrected chi connectivity index (χ4v) is 3.21. The third-order valence-electron chi connectivity index (χ3n) is 4.10. The third kappa shape index (κ3) is 1.96. The molecule has 1 heterocycles.